The number of fused-ring (bicyclic) bond motifs is 1. The van der Waals surface area contributed by atoms with E-state index < -0.39 is 5.97 Å². The topological polar surface area (TPSA) is 68.0 Å². The zero-order valence-electron chi connectivity index (χ0n) is 10.8. The normalized spacial score (nSPS) is 11.9. The molecule has 1 heterocycles. The molecule has 0 fully saturated rings. The number of carboxylic acid groups (broad SMARTS) is 1. The first kappa shape index (κ1) is 12.5. The van der Waals surface area contributed by atoms with Crippen LogP contribution in [0, 0.1) is 5.41 Å². The van der Waals surface area contributed by atoms with Gasteiger partial charge in [-0.3, -0.25) is 0 Å². The molecule has 1 N–H and O–H groups in total. The van der Waals surface area contributed by atoms with E-state index in [1.165, 1.54) is 0 Å². The molecule has 0 amide bonds. The predicted molar refractivity (Wildman–Crippen MR) is 68.6 cm³/mol. The molecule has 96 valence electrons. The second-order valence-corrected chi connectivity index (χ2v) is 5.24. The summed E-state index contributed by atoms with van der Waals surface area (Å²) in [5.41, 5.74) is 1.54. The van der Waals surface area contributed by atoms with Crippen LogP contribution >= 0.6 is 0 Å². The highest BCUT2D eigenvalue weighted by Crippen LogP contribution is 2.24. The monoisotopic (exact) mass is 247 g/mol. The van der Waals surface area contributed by atoms with Gasteiger partial charge in [0.15, 0.2) is 0 Å². The minimum atomic E-state index is -0.970. The van der Waals surface area contributed by atoms with Gasteiger partial charge in [0.1, 0.15) is 5.52 Å². The van der Waals surface area contributed by atoms with E-state index in [1.54, 1.807) is 16.8 Å². The van der Waals surface area contributed by atoms with Crippen LogP contribution in [0.3, 0.4) is 0 Å². The van der Waals surface area contributed by atoms with Gasteiger partial charge in [-0.15, -0.1) is 5.10 Å². The van der Waals surface area contributed by atoms with E-state index in [9.17, 15) is 4.79 Å². The summed E-state index contributed by atoms with van der Waals surface area (Å²) in [6.07, 6.45) is 1.02. The van der Waals surface area contributed by atoms with E-state index in [4.69, 9.17) is 5.11 Å². The molecule has 0 spiro atoms. The Morgan fingerprint density at radius 3 is 2.78 bits per heavy atom. The molecule has 0 unspecified atom stereocenters. The summed E-state index contributed by atoms with van der Waals surface area (Å²) in [6, 6.07) is 5.13. The van der Waals surface area contributed by atoms with E-state index in [1.807, 2.05) is 6.07 Å². The van der Waals surface area contributed by atoms with Gasteiger partial charge in [-0.2, -0.15) is 0 Å². The number of carbonyl (C=O) groups is 1. The molecule has 5 nitrogen and oxygen atoms in total. The number of rotatable bonds is 4. The van der Waals surface area contributed by atoms with Gasteiger partial charge in [0, 0.05) is 6.54 Å². The quantitative estimate of drug-likeness (QED) is 0.901. The summed E-state index contributed by atoms with van der Waals surface area (Å²) >= 11 is 0. The molecular weight excluding hydrogens is 230 g/mol. The number of benzene rings is 1. The standard InChI is InChI=1S/C13H17N3O2/c1-4-13(2,3)8-16-10-7-5-6-9(12(17)18)11(10)14-15-16/h5-7H,4,8H2,1-3H3,(H,17,18). The fourth-order valence-electron chi connectivity index (χ4n) is 1.80. The lowest BCUT2D eigenvalue weighted by molar-refractivity contribution is 0.0699. The van der Waals surface area contributed by atoms with Gasteiger partial charge in [-0.25, -0.2) is 9.48 Å². The molecular formula is C13H17N3O2. The second kappa shape index (κ2) is 4.40. The maximum Gasteiger partial charge on any atom is 0.338 e. The lowest BCUT2D eigenvalue weighted by Crippen LogP contribution is -2.19. The Kier molecular flexibility index (Phi) is 3.07. The SMILES string of the molecule is CCC(C)(C)Cn1nnc2c(C(=O)O)cccc21. The summed E-state index contributed by atoms with van der Waals surface area (Å²) in [7, 11) is 0. The molecule has 2 aromatic rings. The Labute approximate surface area is 105 Å². The third-order valence-electron chi connectivity index (χ3n) is 3.31. The maximum atomic E-state index is 11.1. The molecule has 0 bridgehead atoms. The van der Waals surface area contributed by atoms with Crippen molar-refractivity contribution in [1.29, 1.82) is 0 Å². The Hall–Kier alpha value is -1.91. The van der Waals surface area contributed by atoms with Crippen LogP contribution < -0.4 is 0 Å². The number of aromatic nitrogens is 3. The van der Waals surface area contributed by atoms with Crippen molar-refractivity contribution in [1.82, 2.24) is 15.0 Å². The summed E-state index contributed by atoms with van der Waals surface area (Å²) in [4.78, 5) is 11.1. The lowest BCUT2D eigenvalue weighted by Gasteiger charge is -2.22. The van der Waals surface area contributed by atoms with Crippen molar-refractivity contribution >= 4 is 17.0 Å². The zero-order chi connectivity index (χ0) is 13.3. The van der Waals surface area contributed by atoms with E-state index in [0.717, 1.165) is 18.5 Å². The Morgan fingerprint density at radius 2 is 2.17 bits per heavy atom. The predicted octanol–water partition coefficient (Wildman–Crippen LogP) is 2.57. The van der Waals surface area contributed by atoms with Crippen LogP contribution in [0.2, 0.25) is 0 Å². The first-order valence-electron chi connectivity index (χ1n) is 6.00. The molecule has 18 heavy (non-hydrogen) atoms. The largest absolute Gasteiger partial charge is 0.478 e. The van der Waals surface area contributed by atoms with Crippen LogP contribution in [0.1, 0.15) is 37.6 Å². The van der Waals surface area contributed by atoms with Crippen molar-refractivity contribution in [2.24, 2.45) is 5.41 Å². The van der Waals surface area contributed by atoms with Gasteiger partial charge in [0.25, 0.3) is 0 Å². The minimum Gasteiger partial charge on any atom is -0.478 e. The summed E-state index contributed by atoms with van der Waals surface area (Å²) < 4.78 is 1.78. The molecule has 0 saturated heterocycles. The van der Waals surface area contributed by atoms with Gasteiger partial charge < -0.3 is 5.11 Å². The number of carboxylic acids is 1. The van der Waals surface area contributed by atoms with Crippen LogP contribution in [-0.2, 0) is 6.54 Å². The van der Waals surface area contributed by atoms with Crippen LogP contribution in [0.5, 0.6) is 0 Å². The molecule has 2 rings (SSSR count). The molecule has 5 heteroatoms. The van der Waals surface area contributed by atoms with Crippen molar-refractivity contribution in [3.8, 4) is 0 Å². The summed E-state index contributed by atoms with van der Waals surface area (Å²) in [6.45, 7) is 7.16. The van der Waals surface area contributed by atoms with Crippen LogP contribution in [0.4, 0.5) is 0 Å². The maximum absolute atomic E-state index is 11.1. The highest BCUT2D eigenvalue weighted by Gasteiger charge is 2.20. The lowest BCUT2D eigenvalue weighted by atomic mass is 9.90. The third kappa shape index (κ3) is 2.20. The van der Waals surface area contributed by atoms with Gasteiger partial charge >= 0.3 is 5.97 Å². The highest BCUT2D eigenvalue weighted by molar-refractivity contribution is 6.00. The van der Waals surface area contributed by atoms with Gasteiger partial charge in [0.2, 0.25) is 0 Å². The molecule has 0 aliphatic rings. The number of hydrogen-bond acceptors (Lipinski definition) is 3. The molecule has 0 atom stereocenters. The van der Waals surface area contributed by atoms with E-state index in [2.05, 4.69) is 31.1 Å². The average Bonchev–Trinajstić information content (AvgIpc) is 2.72. The van der Waals surface area contributed by atoms with Crippen molar-refractivity contribution in [2.45, 2.75) is 33.7 Å². The van der Waals surface area contributed by atoms with Gasteiger partial charge in [-0.05, 0) is 24.0 Å². The van der Waals surface area contributed by atoms with Crippen LogP contribution in [0.25, 0.3) is 11.0 Å². The Balaban J connectivity index is 2.49. The highest BCUT2D eigenvalue weighted by atomic mass is 16.4. The Morgan fingerprint density at radius 1 is 1.44 bits per heavy atom. The molecule has 0 aliphatic heterocycles. The summed E-state index contributed by atoms with van der Waals surface area (Å²) in [5.74, 6) is -0.970. The second-order valence-electron chi connectivity index (χ2n) is 5.24. The zero-order valence-corrected chi connectivity index (χ0v) is 10.8. The van der Waals surface area contributed by atoms with E-state index in [0.29, 0.717) is 5.52 Å². The van der Waals surface area contributed by atoms with Gasteiger partial charge in [-0.1, -0.05) is 32.1 Å². The number of nitrogens with zero attached hydrogens (tertiary/aromatic N) is 3. The molecule has 1 aromatic heterocycles. The third-order valence-corrected chi connectivity index (χ3v) is 3.31. The minimum absolute atomic E-state index is 0.111. The number of aromatic carboxylic acids is 1. The average molecular weight is 247 g/mol. The van der Waals surface area contributed by atoms with Crippen molar-refractivity contribution < 1.29 is 9.90 Å². The number of hydrogen-bond donors (Lipinski definition) is 1. The van der Waals surface area contributed by atoms with Crippen molar-refractivity contribution in [2.75, 3.05) is 0 Å². The first-order valence-corrected chi connectivity index (χ1v) is 6.00. The fraction of sp³-hybridized carbons (Fsp3) is 0.462. The van der Waals surface area contributed by atoms with Crippen LogP contribution in [0.15, 0.2) is 18.2 Å². The fourth-order valence-corrected chi connectivity index (χ4v) is 1.80. The van der Waals surface area contributed by atoms with E-state index >= 15 is 0 Å². The molecule has 1 aromatic carbocycles. The molecule has 0 saturated carbocycles. The first-order chi connectivity index (χ1) is 8.44. The molecule has 0 radical (unpaired) electrons. The molecule has 0 aliphatic carbocycles. The Bertz CT molecular complexity index is 587. The van der Waals surface area contributed by atoms with Crippen molar-refractivity contribution in [3.63, 3.8) is 0 Å². The smallest absolute Gasteiger partial charge is 0.338 e. The van der Waals surface area contributed by atoms with E-state index in [-0.39, 0.29) is 11.0 Å². The van der Waals surface area contributed by atoms with Crippen LogP contribution in [-0.4, -0.2) is 26.1 Å². The van der Waals surface area contributed by atoms with Gasteiger partial charge in [0.05, 0.1) is 11.1 Å². The van der Waals surface area contributed by atoms with Crippen molar-refractivity contribution in [3.05, 3.63) is 23.8 Å². The summed E-state index contributed by atoms with van der Waals surface area (Å²) in [5, 5.41) is 17.2.